The Kier molecular flexibility index (Phi) is 5.43. The van der Waals surface area contributed by atoms with Gasteiger partial charge in [0.25, 0.3) is 0 Å². The van der Waals surface area contributed by atoms with E-state index in [2.05, 4.69) is 23.6 Å². The highest BCUT2D eigenvalue weighted by Crippen LogP contribution is 2.23. The molecule has 2 aliphatic rings. The fourth-order valence-corrected chi connectivity index (χ4v) is 3.25. The molecule has 0 amide bonds. The smallest absolute Gasteiger partial charge is 0.103 e. The molecule has 2 fully saturated rings. The van der Waals surface area contributed by atoms with Crippen LogP contribution in [0.5, 0.6) is 0 Å². The minimum absolute atomic E-state index is 0.540. The Labute approximate surface area is 112 Å². The first kappa shape index (κ1) is 14.3. The van der Waals surface area contributed by atoms with Crippen molar-refractivity contribution in [1.29, 1.82) is 0 Å². The van der Waals surface area contributed by atoms with Crippen LogP contribution in [0.3, 0.4) is 0 Å². The second kappa shape index (κ2) is 6.85. The minimum atomic E-state index is -0.540. The molecule has 2 aliphatic heterocycles. The lowest BCUT2D eigenvalue weighted by atomic mass is 9.88. The fourth-order valence-electron chi connectivity index (χ4n) is 3.25. The van der Waals surface area contributed by atoms with E-state index in [1.165, 1.54) is 32.5 Å². The van der Waals surface area contributed by atoms with Gasteiger partial charge >= 0.3 is 0 Å². The van der Waals surface area contributed by atoms with E-state index in [1.807, 2.05) is 0 Å². The number of hydrogen-bond acceptors (Lipinski definition) is 2. The molecule has 3 heteroatoms. The first-order chi connectivity index (χ1) is 8.65. The molecular formula is C15H29FN2. The van der Waals surface area contributed by atoms with Gasteiger partial charge in [0.1, 0.15) is 6.17 Å². The Morgan fingerprint density at radius 2 is 1.67 bits per heavy atom. The largest absolute Gasteiger partial charge is 0.302 e. The first-order valence-electron chi connectivity index (χ1n) is 7.74. The van der Waals surface area contributed by atoms with Gasteiger partial charge < -0.3 is 9.80 Å². The van der Waals surface area contributed by atoms with Gasteiger partial charge in [-0.25, -0.2) is 4.39 Å². The third-order valence-corrected chi connectivity index (χ3v) is 4.73. The van der Waals surface area contributed by atoms with E-state index in [0.717, 1.165) is 44.3 Å². The second-order valence-electron chi connectivity index (χ2n) is 6.46. The molecule has 0 aromatic heterocycles. The lowest BCUT2D eigenvalue weighted by molar-refractivity contribution is 0.105. The minimum Gasteiger partial charge on any atom is -0.302 e. The highest BCUT2D eigenvalue weighted by atomic mass is 19.1. The van der Waals surface area contributed by atoms with Crippen molar-refractivity contribution < 1.29 is 4.39 Å². The van der Waals surface area contributed by atoms with Crippen LogP contribution in [0.4, 0.5) is 4.39 Å². The maximum Gasteiger partial charge on any atom is 0.103 e. The van der Waals surface area contributed by atoms with E-state index < -0.39 is 6.17 Å². The quantitative estimate of drug-likeness (QED) is 0.763. The van der Waals surface area contributed by atoms with Crippen molar-refractivity contribution >= 4 is 0 Å². The normalized spacial score (nSPS) is 29.0. The number of halogens is 1. The number of nitrogens with zero attached hydrogens (tertiary/aromatic N) is 2. The average Bonchev–Trinajstić information content (AvgIpc) is 2.38. The van der Waals surface area contributed by atoms with E-state index in [0.29, 0.717) is 0 Å². The third kappa shape index (κ3) is 4.20. The number of piperidine rings is 2. The standard InChI is InChI=1S/C15H29FN2/c1-13(2)14-4-3-7-18(12-14)11-10-17-8-5-15(16)6-9-17/h13-15H,3-12H2,1-2H3. The SMILES string of the molecule is CC(C)C1CCCN(CCN2CCC(F)CC2)C1. The number of hydrogen-bond donors (Lipinski definition) is 0. The number of alkyl halides is 1. The van der Waals surface area contributed by atoms with Gasteiger partial charge in [0.2, 0.25) is 0 Å². The van der Waals surface area contributed by atoms with Crippen LogP contribution in [-0.2, 0) is 0 Å². The number of likely N-dealkylation sites (tertiary alicyclic amines) is 2. The Hall–Kier alpha value is -0.150. The van der Waals surface area contributed by atoms with Gasteiger partial charge in [-0.3, -0.25) is 0 Å². The van der Waals surface area contributed by atoms with Crippen molar-refractivity contribution in [2.24, 2.45) is 11.8 Å². The fraction of sp³-hybridized carbons (Fsp3) is 1.00. The predicted molar refractivity (Wildman–Crippen MR) is 74.6 cm³/mol. The molecule has 106 valence electrons. The molecule has 2 heterocycles. The summed E-state index contributed by atoms with van der Waals surface area (Å²) in [6.45, 7) is 11.5. The van der Waals surface area contributed by atoms with Crippen LogP contribution in [0, 0.1) is 11.8 Å². The molecule has 1 atom stereocenters. The van der Waals surface area contributed by atoms with Crippen LogP contribution in [0.15, 0.2) is 0 Å². The molecule has 0 N–H and O–H groups in total. The summed E-state index contributed by atoms with van der Waals surface area (Å²) >= 11 is 0. The summed E-state index contributed by atoms with van der Waals surface area (Å²) in [5.74, 6) is 1.70. The van der Waals surface area contributed by atoms with Gasteiger partial charge in [-0.15, -0.1) is 0 Å². The summed E-state index contributed by atoms with van der Waals surface area (Å²) in [5.41, 5.74) is 0. The van der Waals surface area contributed by atoms with Crippen LogP contribution in [0.25, 0.3) is 0 Å². The molecular weight excluding hydrogens is 227 g/mol. The molecule has 0 aliphatic carbocycles. The van der Waals surface area contributed by atoms with Crippen molar-refractivity contribution in [2.45, 2.75) is 45.7 Å². The zero-order valence-electron chi connectivity index (χ0n) is 12.1. The van der Waals surface area contributed by atoms with Crippen molar-refractivity contribution in [3.05, 3.63) is 0 Å². The van der Waals surface area contributed by atoms with E-state index in [9.17, 15) is 4.39 Å². The number of rotatable bonds is 4. The molecule has 2 saturated heterocycles. The Morgan fingerprint density at radius 1 is 1.00 bits per heavy atom. The summed E-state index contributed by atoms with van der Waals surface area (Å²) in [6, 6.07) is 0. The van der Waals surface area contributed by atoms with E-state index in [4.69, 9.17) is 0 Å². The van der Waals surface area contributed by atoms with Crippen molar-refractivity contribution in [2.75, 3.05) is 39.3 Å². The average molecular weight is 256 g/mol. The summed E-state index contributed by atoms with van der Waals surface area (Å²) in [4.78, 5) is 5.06. The lowest BCUT2D eigenvalue weighted by Gasteiger charge is -2.36. The summed E-state index contributed by atoms with van der Waals surface area (Å²) in [7, 11) is 0. The zero-order chi connectivity index (χ0) is 13.0. The maximum absolute atomic E-state index is 13.1. The Bertz CT molecular complexity index is 237. The molecule has 0 bridgehead atoms. The third-order valence-electron chi connectivity index (χ3n) is 4.73. The summed E-state index contributed by atoms with van der Waals surface area (Å²) in [5, 5.41) is 0. The molecule has 0 aromatic rings. The van der Waals surface area contributed by atoms with Crippen LogP contribution in [0.2, 0.25) is 0 Å². The molecule has 2 nitrogen and oxygen atoms in total. The first-order valence-corrected chi connectivity index (χ1v) is 7.74. The molecule has 0 radical (unpaired) electrons. The Morgan fingerprint density at radius 3 is 2.33 bits per heavy atom. The van der Waals surface area contributed by atoms with E-state index in [1.54, 1.807) is 0 Å². The molecule has 1 unspecified atom stereocenters. The molecule has 0 spiro atoms. The van der Waals surface area contributed by atoms with Gasteiger partial charge in [0.05, 0.1) is 0 Å². The van der Waals surface area contributed by atoms with Crippen LogP contribution >= 0.6 is 0 Å². The Balaban J connectivity index is 1.67. The van der Waals surface area contributed by atoms with Crippen LogP contribution in [-0.4, -0.2) is 55.2 Å². The molecule has 0 aromatic carbocycles. The van der Waals surface area contributed by atoms with Gasteiger partial charge in [-0.2, -0.15) is 0 Å². The van der Waals surface area contributed by atoms with Crippen molar-refractivity contribution in [3.8, 4) is 0 Å². The highest BCUT2D eigenvalue weighted by molar-refractivity contribution is 4.77. The van der Waals surface area contributed by atoms with Gasteiger partial charge in [-0.1, -0.05) is 13.8 Å². The molecule has 0 saturated carbocycles. The van der Waals surface area contributed by atoms with Crippen LogP contribution in [0.1, 0.15) is 39.5 Å². The predicted octanol–water partition coefficient (Wildman–Crippen LogP) is 2.79. The van der Waals surface area contributed by atoms with Crippen LogP contribution < -0.4 is 0 Å². The van der Waals surface area contributed by atoms with Crippen molar-refractivity contribution in [3.63, 3.8) is 0 Å². The monoisotopic (exact) mass is 256 g/mol. The van der Waals surface area contributed by atoms with E-state index >= 15 is 0 Å². The lowest BCUT2D eigenvalue weighted by Crippen LogP contribution is -2.44. The molecule has 2 rings (SSSR count). The van der Waals surface area contributed by atoms with Gasteiger partial charge in [0, 0.05) is 32.7 Å². The van der Waals surface area contributed by atoms with Crippen molar-refractivity contribution in [1.82, 2.24) is 9.80 Å². The molecule has 18 heavy (non-hydrogen) atoms. The zero-order valence-corrected chi connectivity index (χ0v) is 12.1. The van der Waals surface area contributed by atoms with Gasteiger partial charge in [-0.05, 0) is 44.1 Å². The second-order valence-corrected chi connectivity index (χ2v) is 6.46. The summed E-state index contributed by atoms with van der Waals surface area (Å²) in [6.07, 6.45) is 3.71. The highest BCUT2D eigenvalue weighted by Gasteiger charge is 2.23. The summed E-state index contributed by atoms with van der Waals surface area (Å²) < 4.78 is 13.1. The topological polar surface area (TPSA) is 6.48 Å². The van der Waals surface area contributed by atoms with Gasteiger partial charge in [0.15, 0.2) is 0 Å². The maximum atomic E-state index is 13.1. The van der Waals surface area contributed by atoms with E-state index in [-0.39, 0.29) is 0 Å².